The molecule has 1 aromatic rings. The first kappa shape index (κ1) is 14.5. The first-order valence-corrected chi connectivity index (χ1v) is 7.09. The lowest BCUT2D eigenvalue weighted by Crippen LogP contribution is -2.43. The van der Waals surface area contributed by atoms with Crippen LogP contribution in [0.3, 0.4) is 0 Å². The van der Waals surface area contributed by atoms with Gasteiger partial charge in [0, 0.05) is 19.6 Å². The van der Waals surface area contributed by atoms with Crippen LogP contribution >= 0.6 is 0 Å². The van der Waals surface area contributed by atoms with Crippen molar-refractivity contribution in [3.05, 3.63) is 35.4 Å². The second-order valence-corrected chi connectivity index (χ2v) is 5.58. The molecule has 0 aromatic heterocycles. The molecule has 0 saturated carbocycles. The summed E-state index contributed by atoms with van der Waals surface area (Å²) in [7, 11) is 0. The fraction of sp³-hybridized carbons (Fsp3) is 0.500. The van der Waals surface area contributed by atoms with Gasteiger partial charge in [-0.2, -0.15) is 5.26 Å². The highest BCUT2D eigenvalue weighted by Crippen LogP contribution is 2.28. The minimum absolute atomic E-state index is 0.178. The van der Waals surface area contributed by atoms with Gasteiger partial charge in [0.1, 0.15) is 0 Å². The van der Waals surface area contributed by atoms with Crippen LogP contribution in [0.5, 0.6) is 0 Å². The summed E-state index contributed by atoms with van der Waals surface area (Å²) in [4.78, 5) is 14.6. The van der Waals surface area contributed by atoms with Crippen molar-refractivity contribution in [3.8, 4) is 6.07 Å². The van der Waals surface area contributed by atoms with E-state index < -0.39 is 0 Å². The molecule has 20 heavy (non-hydrogen) atoms. The first-order chi connectivity index (χ1) is 9.60. The third kappa shape index (κ3) is 2.83. The highest BCUT2D eigenvalue weighted by Gasteiger charge is 2.38. The number of amides is 1. The van der Waals surface area contributed by atoms with E-state index in [0.29, 0.717) is 18.7 Å². The molecule has 1 fully saturated rings. The van der Waals surface area contributed by atoms with Crippen molar-refractivity contribution in [3.63, 3.8) is 0 Å². The SMILES string of the molecule is CCN(Cc1ccccc1C#N)C(=O)C1(C)CCNC1. The monoisotopic (exact) mass is 271 g/mol. The molecule has 0 bridgehead atoms. The Labute approximate surface area is 120 Å². The Morgan fingerprint density at radius 1 is 1.50 bits per heavy atom. The van der Waals surface area contributed by atoms with E-state index >= 15 is 0 Å². The van der Waals surface area contributed by atoms with E-state index in [2.05, 4.69) is 11.4 Å². The summed E-state index contributed by atoms with van der Waals surface area (Å²) >= 11 is 0. The van der Waals surface area contributed by atoms with E-state index in [-0.39, 0.29) is 11.3 Å². The van der Waals surface area contributed by atoms with Gasteiger partial charge in [0.05, 0.1) is 17.0 Å². The van der Waals surface area contributed by atoms with Crippen molar-refractivity contribution in [1.82, 2.24) is 10.2 Å². The second-order valence-electron chi connectivity index (χ2n) is 5.58. The predicted octanol–water partition coefficient (Wildman–Crippen LogP) is 1.91. The number of hydrogen-bond acceptors (Lipinski definition) is 3. The zero-order valence-corrected chi connectivity index (χ0v) is 12.1. The van der Waals surface area contributed by atoms with E-state index in [9.17, 15) is 4.79 Å². The topological polar surface area (TPSA) is 56.1 Å². The Bertz CT molecular complexity index is 527. The fourth-order valence-corrected chi connectivity index (χ4v) is 2.68. The molecule has 1 aromatic carbocycles. The Hall–Kier alpha value is -1.86. The highest BCUT2D eigenvalue weighted by atomic mass is 16.2. The number of benzene rings is 1. The van der Waals surface area contributed by atoms with Gasteiger partial charge in [0.15, 0.2) is 0 Å². The minimum atomic E-state index is -0.308. The van der Waals surface area contributed by atoms with Crippen molar-refractivity contribution >= 4 is 5.91 Å². The minimum Gasteiger partial charge on any atom is -0.338 e. The third-order valence-electron chi connectivity index (χ3n) is 4.05. The van der Waals surface area contributed by atoms with Crippen LogP contribution in [0.2, 0.25) is 0 Å². The predicted molar refractivity (Wildman–Crippen MR) is 77.8 cm³/mol. The number of carbonyl (C=O) groups excluding carboxylic acids is 1. The number of hydrogen-bond donors (Lipinski definition) is 1. The summed E-state index contributed by atoms with van der Waals surface area (Å²) in [5.41, 5.74) is 1.26. The van der Waals surface area contributed by atoms with Crippen LogP contribution in [0.4, 0.5) is 0 Å². The lowest BCUT2D eigenvalue weighted by atomic mass is 9.88. The van der Waals surface area contributed by atoms with Crippen molar-refractivity contribution in [1.29, 1.82) is 5.26 Å². The van der Waals surface area contributed by atoms with E-state index in [1.807, 2.05) is 36.9 Å². The molecule has 4 heteroatoms. The molecule has 106 valence electrons. The lowest BCUT2D eigenvalue weighted by Gasteiger charge is -2.30. The molecular formula is C16H21N3O. The molecule has 1 amide bonds. The Morgan fingerprint density at radius 2 is 2.25 bits per heavy atom. The maximum absolute atomic E-state index is 12.7. The van der Waals surface area contributed by atoms with E-state index in [4.69, 9.17) is 5.26 Å². The van der Waals surface area contributed by atoms with Crippen molar-refractivity contribution in [2.24, 2.45) is 5.41 Å². The van der Waals surface area contributed by atoms with Crippen LogP contribution in [0.25, 0.3) is 0 Å². The number of nitrogens with zero attached hydrogens (tertiary/aromatic N) is 2. The quantitative estimate of drug-likeness (QED) is 0.910. The van der Waals surface area contributed by atoms with Gasteiger partial charge < -0.3 is 10.2 Å². The molecule has 1 atom stereocenters. The lowest BCUT2D eigenvalue weighted by molar-refractivity contribution is -0.140. The van der Waals surface area contributed by atoms with Gasteiger partial charge in [0.2, 0.25) is 5.91 Å². The van der Waals surface area contributed by atoms with E-state index in [1.165, 1.54) is 0 Å². The molecule has 0 spiro atoms. The average molecular weight is 271 g/mol. The number of rotatable bonds is 4. The Morgan fingerprint density at radius 3 is 2.85 bits per heavy atom. The smallest absolute Gasteiger partial charge is 0.230 e. The van der Waals surface area contributed by atoms with Crippen LogP contribution in [-0.4, -0.2) is 30.4 Å². The summed E-state index contributed by atoms with van der Waals surface area (Å²) in [6.07, 6.45) is 0.877. The van der Waals surface area contributed by atoms with Crippen molar-refractivity contribution in [2.45, 2.75) is 26.8 Å². The van der Waals surface area contributed by atoms with Crippen molar-refractivity contribution in [2.75, 3.05) is 19.6 Å². The molecule has 1 N–H and O–H groups in total. The van der Waals surface area contributed by atoms with Crippen LogP contribution in [0.1, 0.15) is 31.4 Å². The molecule has 1 aliphatic rings. The molecule has 1 aliphatic heterocycles. The normalized spacial score (nSPS) is 21.4. The molecule has 1 saturated heterocycles. The molecule has 0 aliphatic carbocycles. The van der Waals surface area contributed by atoms with Gasteiger partial charge in [-0.15, -0.1) is 0 Å². The van der Waals surface area contributed by atoms with Gasteiger partial charge >= 0.3 is 0 Å². The fourth-order valence-electron chi connectivity index (χ4n) is 2.68. The third-order valence-corrected chi connectivity index (χ3v) is 4.05. The van der Waals surface area contributed by atoms with Crippen LogP contribution in [0.15, 0.2) is 24.3 Å². The second kappa shape index (κ2) is 6.06. The van der Waals surface area contributed by atoms with Gasteiger partial charge in [-0.3, -0.25) is 4.79 Å². The summed E-state index contributed by atoms with van der Waals surface area (Å²) in [5, 5.41) is 12.4. The zero-order valence-electron chi connectivity index (χ0n) is 12.1. The van der Waals surface area contributed by atoms with Gasteiger partial charge in [-0.05, 0) is 38.4 Å². The molecular weight excluding hydrogens is 250 g/mol. The van der Waals surface area contributed by atoms with Gasteiger partial charge in [-0.1, -0.05) is 18.2 Å². The molecule has 1 heterocycles. The highest BCUT2D eigenvalue weighted by molar-refractivity contribution is 5.83. The van der Waals surface area contributed by atoms with E-state index in [0.717, 1.165) is 25.1 Å². The van der Waals surface area contributed by atoms with Crippen LogP contribution < -0.4 is 5.32 Å². The molecule has 2 rings (SSSR count). The molecule has 1 unspecified atom stereocenters. The Balaban J connectivity index is 2.17. The summed E-state index contributed by atoms with van der Waals surface area (Å²) in [5.74, 6) is 0.178. The summed E-state index contributed by atoms with van der Waals surface area (Å²) in [6.45, 7) is 6.81. The number of nitrogens with one attached hydrogen (secondary N) is 1. The Kier molecular flexibility index (Phi) is 4.41. The molecule has 4 nitrogen and oxygen atoms in total. The standard InChI is InChI=1S/C16H21N3O/c1-3-19(15(20)16(2)8-9-18-12-16)11-14-7-5-4-6-13(14)10-17/h4-7,18H,3,8-9,11-12H2,1-2H3. The molecule has 0 radical (unpaired) electrons. The maximum atomic E-state index is 12.7. The average Bonchev–Trinajstić information content (AvgIpc) is 2.92. The van der Waals surface area contributed by atoms with Crippen LogP contribution in [0, 0.1) is 16.7 Å². The first-order valence-electron chi connectivity index (χ1n) is 7.09. The summed E-state index contributed by atoms with van der Waals surface area (Å²) < 4.78 is 0. The maximum Gasteiger partial charge on any atom is 0.230 e. The number of carbonyl (C=O) groups is 1. The van der Waals surface area contributed by atoms with E-state index in [1.54, 1.807) is 6.07 Å². The number of nitriles is 1. The van der Waals surface area contributed by atoms with Crippen LogP contribution in [-0.2, 0) is 11.3 Å². The van der Waals surface area contributed by atoms with Gasteiger partial charge in [-0.25, -0.2) is 0 Å². The van der Waals surface area contributed by atoms with Crippen molar-refractivity contribution < 1.29 is 4.79 Å². The largest absolute Gasteiger partial charge is 0.338 e. The summed E-state index contributed by atoms with van der Waals surface area (Å²) in [6, 6.07) is 9.67. The van der Waals surface area contributed by atoms with Gasteiger partial charge in [0.25, 0.3) is 0 Å². The zero-order chi connectivity index (χ0) is 14.6.